The van der Waals surface area contributed by atoms with Crippen molar-refractivity contribution in [3.05, 3.63) is 70.1 Å². The number of aromatic hydroxyl groups is 1. The number of para-hydroxylation sites is 1. The van der Waals surface area contributed by atoms with E-state index >= 15 is 0 Å². The summed E-state index contributed by atoms with van der Waals surface area (Å²) in [4.78, 5) is 15.9. The molecular formula is C17H13ClN2O3. The Balaban J connectivity index is 1.93. The van der Waals surface area contributed by atoms with Gasteiger partial charge >= 0.3 is 0 Å². The maximum atomic E-state index is 11.9. The van der Waals surface area contributed by atoms with E-state index in [0.717, 1.165) is 5.75 Å². The number of nitrogens with zero attached hydrogens (tertiary/aromatic N) is 2. The molecule has 0 spiro atoms. The summed E-state index contributed by atoms with van der Waals surface area (Å²) in [5, 5.41) is 9.30. The van der Waals surface area contributed by atoms with Crippen LogP contribution in [0, 0.1) is 0 Å². The van der Waals surface area contributed by atoms with Crippen LogP contribution in [0.5, 0.6) is 17.2 Å². The molecule has 0 saturated carbocycles. The van der Waals surface area contributed by atoms with Crippen LogP contribution in [-0.4, -0.2) is 14.7 Å². The number of ether oxygens (including phenoxy) is 1. The zero-order chi connectivity index (χ0) is 16.4. The standard InChI is InChI=1S/C17H13ClN2O3/c1-20-16(19-15(18)14(21)17(20)22)11-7-9-13(10-8-11)23-12-5-3-2-4-6-12/h2-10,21H,1H3. The van der Waals surface area contributed by atoms with Crippen LogP contribution in [0.4, 0.5) is 0 Å². The third-order valence-electron chi connectivity index (χ3n) is 3.32. The summed E-state index contributed by atoms with van der Waals surface area (Å²) in [5.41, 5.74) is 0.0940. The smallest absolute Gasteiger partial charge is 0.297 e. The zero-order valence-corrected chi connectivity index (χ0v) is 13.0. The van der Waals surface area contributed by atoms with E-state index in [1.165, 1.54) is 11.6 Å². The third-order valence-corrected chi connectivity index (χ3v) is 3.58. The van der Waals surface area contributed by atoms with Crippen molar-refractivity contribution in [3.8, 4) is 28.6 Å². The van der Waals surface area contributed by atoms with E-state index in [1.807, 2.05) is 30.3 Å². The van der Waals surface area contributed by atoms with Crippen LogP contribution in [-0.2, 0) is 7.05 Å². The third kappa shape index (κ3) is 3.05. The summed E-state index contributed by atoms with van der Waals surface area (Å²) in [7, 11) is 1.52. The summed E-state index contributed by atoms with van der Waals surface area (Å²) in [6, 6.07) is 16.5. The van der Waals surface area contributed by atoms with Crippen LogP contribution in [0.25, 0.3) is 11.4 Å². The minimum absolute atomic E-state index is 0.215. The van der Waals surface area contributed by atoms with Crippen LogP contribution in [0.3, 0.4) is 0 Å². The normalized spacial score (nSPS) is 10.5. The highest BCUT2D eigenvalue weighted by atomic mass is 35.5. The van der Waals surface area contributed by atoms with Gasteiger partial charge in [-0.1, -0.05) is 29.8 Å². The first kappa shape index (κ1) is 15.1. The molecular weight excluding hydrogens is 316 g/mol. The minimum Gasteiger partial charge on any atom is -0.501 e. The van der Waals surface area contributed by atoms with E-state index < -0.39 is 11.3 Å². The van der Waals surface area contributed by atoms with Crippen LogP contribution < -0.4 is 10.3 Å². The first-order valence-electron chi connectivity index (χ1n) is 6.85. The average Bonchev–Trinajstić information content (AvgIpc) is 2.58. The van der Waals surface area contributed by atoms with Crippen molar-refractivity contribution in [2.75, 3.05) is 0 Å². The number of hydrogen-bond donors (Lipinski definition) is 1. The van der Waals surface area contributed by atoms with Crippen molar-refractivity contribution >= 4 is 11.6 Å². The molecule has 3 rings (SSSR count). The molecule has 0 amide bonds. The Morgan fingerprint density at radius 3 is 2.30 bits per heavy atom. The number of rotatable bonds is 3. The van der Waals surface area contributed by atoms with Crippen molar-refractivity contribution in [2.45, 2.75) is 0 Å². The predicted octanol–water partition coefficient (Wildman–Crippen LogP) is 3.60. The maximum absolute atomic E-state index is 11.9. The van der Waals surface area contributed by atoms with Crippen molar-refractivity contribution in [2.24, 2.45) is 7.05 Å². The molecule has 0 fully saturated rings. The number of benzene rings is 2. The number of halogens is 1. The van der Waals surface area contributed by atoms with Gasteiger partial charge in [0.1, 0.15) is 17.3 Å². The van der Waals surface area contributed by atoms with Gasteiger partial charge in [0, 0.05) is 12.6 Å². The van der Waals surface area contributed by atoms with Gasteiger partial charge in [0.05, 0.1) is 0 Å². The molecule has 2 aromatic carbocycles. The highest BCUT2D eigenvalue weighted by molar-refractivity contribution is 6.30. The molecule has 1 aromatic heterocycles. The fraction of sp³-hybridized carbons (Fsp3) is 0.0588. The molecule has 23 heavy (non-hydrogen) atoms. The number of hydrogen-bond acceptors (Lipinski definition) is 4. The second-order valence-corrected chi connectivity index (χ2v) is 5.24. The van der Waals surface area contributed by atoms with Crippen molar-refractivity contribution in [3.63, 3.8) is 0 Å². The lowest BCUT2D eigenvalue weighted by Crippen LogP contribution is -2.19. The summed E-state index contributed by atoms with van der Waals surface area (Å²) < 4.78 is 6.96. The van der Waals surface area contributed by atoms with E-state index in [2.05, 4.69) is 4.98 Å². The van der Waals surface area contributed by atoms with Gasteiger partial charge < -0.3 is 9.84 Å². The molecule has 0 unspecified atom stereocenters. The Kier molecular flexibility index (Phi) is 4.04. The minimum atomic E-state index is -0.593. The Labute approximate surface area is 137 Å². The molecule has 0 radical (unpaired) electrons. The molecule has 0 aliphatic carbocycles. The van der Waals surface area contributed by atoms with Gasteiger partial charge in [-0.3, -0.25) is 9.36 Å². The van der Waals surface area contributed by atoms with Gasteiger partial charge in [0.25, 0.3) is 5.56 Å². The molecule has 0 saturated heterocycles. The topological polar surface area (TPSA) is 64.3 Å². The molecule has 0 atom stereocenters. The Morgan fingerprint density at radius 2 is 1.65 bits per heavy atom. The molecule has 0 aliphatic rings. The molecule has 1 heterocycles. The lowest BCUT2D eigenvalue weighted by molar-refractivity contribution is 0.458. The quantitative estimate of drug-likeness (QED) is 0.746. The highest BCUT2D eigenvalue weighted by Gasteiger charge is 2.13. The Morgan fingerprint density at radius 1 is 1.04 bits per heavy atom. The molecule has 0 aliphatic heterocycles. The fourth-order valence-corrected chi connectivity index (χ4v) is 2.28. The first-order chi connectivity index (χ1) is 11.1. The van der Waals surface area contributed by atoms with Crippen LogP contribution in [0.15, 0.2) is 59.4 Å². The van der Waals surface area contributed by atoms with Gasteiger partial charge in [0.15, 0.2) is 5.15 Å². The largest absolute Gasteiger partial charge is 0.501 e. The summed E-state index contributed by atoms with van der Waals surface area (Å²) in [6.45, 7) is 0. The fourth-order valence-electron chi connectivity index (χ4n) is 2.12. The second kappa shape index (κ2) is 6.14. The summed E-state index contributed by atoms with van der Waals surface area (Å²) in [6.07, 6.45) is 0. The van der Waals surface area contributed by atoms with Gasteiger partial charge in [0.2, 0.25) is 5.75 Å². The Hall–Kier alpha value is -2.79. The van der Waals surface area contributed by atoms with Crippen LogP contribution >= 0.6 is 11.6 Å². The molecule has 0 bridgehead atoms. The predicted molar refractivity (Wildman–Crippen MR) is 88.1 cm³/mol. The lowest BCUT2D eigenvalue weighted by atomic mass is 10.2. The maximum Gasteiger partial charge on any atom is 0.297 e. The van der Waals surface area contributed by atoms with Crippen molar-refractivity contribution < 1.29 is 9.84 Å². The molecule has 5 nitrogen and oxygen atoms in total. The van der Waals surface area contributed by atoms with Crippen molar-refractivity contribution in [1.29, 1.82) is 0 Å². The van der Waals surface area contributed by atoms with Crippen molar-refractivity contribution in [1.82, 2.24) is 9.55 Å². The average molecular weight is 329 g/mol. The molecule has 116 valence electrons. The highest BCUT2D eigenvalue weighted by Crippen LogP contribution is 2.26. The van der Waals surface area contributed by atoms with Gasteiger partial charge in [-0.15, -0.1) is 0 Å². The molecule has 3 aromatic rings. The monoisotopic (exact) mass is 328 g/mol. The van der Waals surface area contributed by atoms with Crippen LogP contribution in [0.2, 0.25) is 5.15 Å². The van der Waals surface area contributed by atoms with Gasteiger partial charge in [-0.25, -0.2) is 4.98 Å². The zero-order valence-electron chi connectivity index (χ0n) is 12.2. The number of aromatic nitrogens is 2. The van der Waals surface area contributed by atoms with E-state index in [-0.39, 0.29) is 5.15 Å². The SMILES string of the molecule is Cn1c(-c2ccc(Oc3ccccc3)cc2)nc(Cl)c(O)c1=O. The first-order valence-corrected chi connectivity index (χ1v) is 7.23. The van der Waals surface area contributed by atoms with E-state index in [0.29, 0.717) is 17.1 Å². The molecule has 6 heteroatoms. The summed E-state index contributed by atoms with van der Waals surface area (Å²) in [5.74, 6) is 1.21. The van der Waals surface area contributed by atoms with E-state index in [1.54, 1.807) is 24.3 Å². The van der Waals surface area contributed by atoms with E-state index in [4.69, 9.17) is 16.3 Å². The second-order valence-electron chi connectivity index (χ2n) is 4.88. The van der Waals surface area contributed by atoms with Gasteiger partial charge in [-0.2, -0.15) is 0 Å². The van der Waals surface area contributed by atoms with Crippen LogP contribution in [0.1, 0.15) is 0 Å². The summed E-state index contributed by atoms with van der Waals surface area (Å²) >= 11 is 5.78. The Bertz CT molecular complexity index is 890. The molecule has 1 N–H and O–H groups in total. The van der Waals surface area contributed by atoms with Gasteiger partial charge in [-0.05, 0) is 36.4 Å². The van der Waals surface area contributed by atoms with E-state index in [9.17, 15) is 9.90 Å². The lowest BCUT2D eigenvalue weighted by Gasteiger charge is -2.10.